The first-order valence-corrected chi connectivity index (χ1v) is 10.2. The number of amides is 1. The van der Waals surface area contributed by atoms with Gasteiger partial charge in [-0.1, -0.05) is 18.2 Å². The summed E-state index contributed by atoms with van der Waals surface area (Å²) in [5.41, 5.74) is 2.59. The summed E-state index contributed by atoms with van der Waals surface area (Å²) in [6, 6.07) is 11.2. The molecule has 162 valence electrons. The summed E-state index contributed by atoms with van der Waals surface area (Å²) in [4.78, 5) is 28.2. The summed E-state index contributed by atoms with van der Waals surface area (Å²) in [6.07, 6.45) is 2.39. The van der Waals surface area contributed by atoms with E-state index in [0.29, 0.717) is 54.1 Å². The number of hydrogen-bond acceptors (Lipinski definition) is 5. The summed E-state index contributed by atoms with van der Waals surface area (Å²) in [5.74, 6) is 1.24. The third-order valence-corrected chi connectivity index (χ3v) is 5.77. The van der Waals surface area contributed by atoms with Gasteiger partial charge in [-0.3, -0.25) is 9.59 Å². The number of carbonyl (C=O) groups is 1. The number of aromatic nitrogens is 1. The Morgan fingerprint density at radius 3 is 2.35 bits per heavy atom. The van der Waals surface area contributed by atoms with E-state index in [1.54, 1.807) is 38.2 Å². The molecular weight excluding hydrogens is 396 g/mol. The van der Waals surface area contributed by atoms with Gasteiger partial charge in [-0.25, -0.2) is 0 Å². The monoisotopic (exact) mass is 422 g/mol. The van der Waals surface area contributed by atoms with Crippen molar-refractivity contribution in [3.8, 4) is 11.5 Å². The molecule has 0 atom stereocenters. The molecule has 0 bridgehead atoms. The molecule has 2 heterocycles. The summed E-state index contributed by atoms with van der Waals surface area (Å²) in [7, 11) is 4.81. The molecule has 0 N–H and O–H groups in total. The van der Waals surface area contributed by atoms with Crippen molar-refractivity contribution in [2.45, 2.75) is 19.5 Å². The molecule has 0 fully saturated rings. The smallest absolute Gasteiger partial charge is 0.258 e. The zero-order valence-corrected chi connectivity index (χ0v) is 18.0. The van der Waals surface area contributed by atoms with Crippen molar-refractivity contribution in [2.75, 3.05) is 34.5 Å². The lowest BCUT2D eigenvalue weighted by atomic mass is 9.97. The highest BCUT2D eigenvalue weighted by atomic mass is 16.5. The number of ether oxygens (including phenoxy) is 3. The molecule has 7 nitrogen and oxygen atoms in total. The molecule has 1 aliphatic rings. The van der Waals surface area contributed by atoms with E-state index in [9.17, 15) is 9.59 Å². The number of nitrogens with zero attached hydrogens (tertiary/aromatic N) is 2. The van der Waals surface area contributed by atoms with Gasteiger partial charge in [0.25, 0.3) is 11.5 Å². The molecule has 0 aliphatic carbocycles. The number of rotatable bonds is 6. The van der Waals surface area contributed by atoms with Crippen LogP contribution in [-0.2, 0) is 24.2 Å². The van der Waals surface area contributed by atoms with E-state index in [-0.39, 0.29) is 11.5 Å². The van der Waals surface area contributed by atoms with E-state index in [2.05, 4.69) is 0 Å². The zero-order chi connectivity index (χ0) is 22.0. The second kappa shape index (κ2) is 8.81. The van der Waals surface area contributed by atoms with Crippen molar-refractivity contribution in [3.05, 3.63) is 69.6 Å². The summed E-state index contributed by atoms with van der Waals surface area (Å²) < 4.78 is 17.5. The lowest BCUT2D eigenvalue weighted by molar-refractivity contribution is 0.0735. The first-order valence-electron chi connectivity index (χ1n) is 10.2. The van der Waals surface area contributed by atoms with Crippen molar-refractivity contribution in [1.82, 2.24) is 9.47 Å². The third kappa shape index (κ3) is 3.88. The summed E-state index contributed by atoms with van der Waals surface area (Å²) in [5, 5.41) is 1.21. The standard InChI is InChI=1S/C24H26N2O5/c1-29-11-10-26-15-20(18-6-4-5-7-19(18)23(26)27)24(28)25-9-8-16-12-21(30-2)22(31-3)13-17(16)14-25/h4-7,12-13,15H,8-11,14H2,1-3H3. The van der Waals surface area contributed by atoms with Gasteiger partial charge in [-0.15, -0.1) is 0 Å². The Bertz CT molecular complexity index is 1180. The van der Waals surface area contributed by atoms with Crippen LogP contribution in [0.3, 0.4) is 0 Å². The highest BCUT2D eigenvalue weighted by molar-refractivity contribution is 6.06. The third-order valence-electron chi connectivity index (χ3n) is 5.77. The van der Waals surface area contributed by atoms with Crippen LogP contribution in [0.15, 0.2) is 47.4 Å². The molecule has 0 saturated carbocycles. The first kappa shape index (κ1) is 20.9. The molecule has 3 aromatic rings. The van der Waals surface area contributed by atoms with E-state index in [1.807, 2.05) is 35.2 Å². The largest absolute Gasteiger partial charge is 0.493 e. The maximum Gasteiger partial charge on any atom is 0.258 e. The van der Waals surface area contributed by atoms with Gasteiger partial charge in [-0.05, 0) is 35.7 Å². The minimum Gasteiger partial charge on any atom is -0.493 e. The molecule has 31 heavy (non-hydrogen) atoms. The van der Waals surface area contributed by atoms with Crippen LogP contribution in [-0.4, -0.2) is 49.9 Å². The molecule has 1 aromatic heterocycles. The van der Waals surface area contributed by atoms with E-state index < -0.39 is 0 Å². The van der Waals surface area contributed by atoms with Crippen LogP contribution in [0, 0.1) is 0 Å². The Morgan fingerprint density at radius 1 is 1.00 bits per heavy atom. The second-order valence-electron chi connectivity index (χ2n) is 7.53. The molecule has 1 amide bonds. The molecule has 2 aromatic carbocycles. The van der Waals surface area contributed by atoms with Crippen molar-refractivity contribution in [2.24, 2.45) is 0 Å². The van der Waals surface area contributed by atoms with Gasteiger partial charge in [0.05, 0.1) is 26.4 Å². The Balaban J connectivity index is 1.72. The topological polar surface area (TPSA) is 70.0 Å². The number of carbonyl (C=O) groups excluding carboxylic acids is 1. The van der Waals surface area contributed by atoms with Gasteiger partial charge in [-0.2, -0.15) is 0 Å². The fraction of sp³-hybridized carbons (Fsp3) is 0.333. The van der Waals surface area contributed by atoms with Crippen LogP contribution in [0.5, 0.6) is 11.5 Å². The predicted molar refractivity (Wildman–Crippen MR) is 118 cm³/mol. The van der Waals surface area contributed by atoms with Crippen LogP contribution in [0.1, 0.15) is 21.5 Å². The number of pyridine rings is 1. The lowest BCUT2D eigenvalue weighted by Gasteiger charge is -2.30. The number of hydrogen-bond donors (Lipinski definition) is 0. The van der Waals surface area contributed by atoms with Crippen molar-refractivity contribution >= 4 is 16.7 Å². The van der Waals surface area contributed by atoms with E-state index in [1.165, 1.54) is 0 Å². The molecule has 0 saturated heterocycles. The van der Waals surface area contributed by atoms with Crippen molar-refractivity contribution in [1.29, 1.82) is 0 Å². The molecule has 7 heteroatoms. The van der Waals surface area contributed by atoms with Gasteiger partial charge in [0.2, 0.25) is 0 Å². The fourth-order valence-electron chi connectivity index (χ4n) is 4.10. The van der Waals surface area contributed by atoms with E-state index >= 15 is 0 Å². The molecule has 4 rings (SSSR count). The van der Waals surface area contributed by atoms with Crippen LogP contribution in [0.25, 0.3) is 10.8 Å². The van der Waals surface area contributed by atoms with Crippen molar-refractivity contribution < 1.29 is 19.0 Å². The highest BCUT2D eigenvalue weighted by Gasteiger charge is 2.25. The average molecular weight is 422 g/mol. The van der Waals surface area contributed by atoms with E-state index in [4.69, 9.17) is 14.2 Å². The van der Waals surface area contributed by atoms with Gasteiger partial charge >= 0.3 is 0 Å². The molecule has 0 spiro atoms. The van der Waals surface area contributed by atoms with Crippen LogP contribution >= 0.6 is 0 Å². The number of methoxy groups -OCH3 is 3. The summed E-state index contributed by atoms with van der Waals surface area (Å²) >= 11 is 0. The Labute approximate surface area is 180 Å². The molecule has 0 unspecified atom stereocenters. The quantitative estimate of drug-likeness (QED) is 0.611. The van der Waals surface area contributed by atoms with Gasteiger partial charge in [0.1, 0.15) is 0 Å². The van der Waals surface area contributed by atoms with Crippen LogP contribution < -0.4 is 15.0 Å². The average Bonchev–Trinajstić information content (AvgIpc) is 2.82. The maximum atomic E-state index is 13.6. The van der Waals surface area contributed by atoms with Gasteiger partial charge in [0.15, 0.2) is 11.5 Å². The maximum absolute atomic E-state index is 13.6. The van der Waals surface area contributed by atoms with E-state index in [0.717, 1.165) is 17.5 Å². The lowest BCUT2D eigenvalue weighted by Crippen LogP contribution is -2.37. The normalized spacial score (nSPS) is 13.2. The Kier molecular flexibility index (Phi) is 5.95. The van der Waals surface area contributed by atoms with Crippen molar-refractivity contribution in [3.63, 3.8) is 0 Å². The Hall–Kier alpha value is -3.32. The fourth-order valence-corrected chi connectivity index (χ4v) is 4.10. The first-order chi connectivity index (χ1) is 15.1. The highest BCUT2D eigenvalue weighted by Crippen LogP contribution is 2.33. The Morgan fingerprint density at radius 2 is 1.68 bits per heavy atom. The minimum absolute atomic E-state index is 0.0946. The van der Waals surface area contributed by atoms with Gasteiger partial charge < -0.3 is 23.7 Å². The zero-order valence-electron chi connectivity index (χ0n) is 18.0. The second-order valence-corrected chi connectivity index (χ2v) is 7.53. The molecule has 1 aliphatic heterocycles. The van der Waals surface area contributed by atoms with Crippen LogP contribution in [0.2, 0.25) is 0 Å². The number of fused-ring (bicyclic) bond motifs is 2. The van der Waals surface area contributed by atoms with Crippen LogP contribution in [0.4, 0.5) is 0 Å². The predicted octanol–water partition coefficient (Wildman–Crippen LogP) is 2.86. The van der Waals surface area contributed by atoms with Gasteiger partial charge in [0, 0.05) is 43.7 Å². The minimum atomic E-state index is -0.120. The molecular formula is C24H26N2O5. The molecule has 0 radical (unpaired) electrons. The number of benzene rings is 2. The SMILES string of the molecule is COCCn1cc(C(=O)N2CCc3cc(OC)c(OC)cc3C2)c2ccccc2c1=O. The summed E-state index contributed by atoms with van der Waals surface area (Å²) in [6.45, 7) is 1.84.